The Labute approximate surface area is 160 Å². The van der Waals surface area contributed by atoms with Gasteiger partial charge in [0.25, 0.3) is 0 Å². The normalized spacial score (nSPS) is 10.6. The van der Waals surface area contributed by atoms with Gasteiger partial charge in [0.1, 0.15) is 0 Å². The van der Waals surface area contributed by atoms with E-state index in [4.69, 9.17) is 22.9 Å². The number of carbonyl (C=O) groups excluding carboxylic acids is 2. The summed E-state index contributed by atoms with van der Waals surface area (Å²) in [6.45, 7) is 0. The molecule has 3 rings (SSSR count). The number of ketones is 2. The Balaban J connectivity index is 2.14. The summed E-state index contributed by atoms with van der Waals surface area (Å²) in [6.07, 6.45) is 0. The minimum atomic E-state index is -0.684. The topological polar surface area (TPSA) is 179 Å². The Kier molecular flexibility index (Phi) is 4.54. The van der Waals surface area contributed by atoms with E-state index < -0.39 is 45.6 Å². The average molecular weight is 378 g/mol. The predicted molar refractivity (Wildman–Crippen MR) is 107 cm³/mol. The summed E-state index contributed by atoms with van der Waals surface area (Å²) >= 11 is 0. The second kappa shape index (κ2) is 6.84. The highest BCUT2D eigenvalue weighted by Crippen LogP contribution is 2.43. The first kappa shape index (κ1) is 18.6. The summed E-state index contributed by atoms with van der Waals surface area (Å²) in [4.78, 5) is 25.5. The SMILES string of the molecule is Nc1ccc(C(=O)c2c(N)c(O)c(C(=O)c3ccc(N)cc3)c(N)c2O)cc1. The Morgan fingerprint density at radius 1 is 0.571 bits per heavy atom. The number of nitrogens with two attached hydrogens (primary N) is 4. The van der Waals surface area contributed by atoms with Crippen LogP contribution in [0.3, 0.4) is 0 Å². The van der Waals surface area contributed by atoms with E-state index in [-0.39, 0.29) is 11.1 Å². The third-order valence-corrected chi connectivity index (χ3v) is 4.32. The molecule has 10 N–H and O–H groups in total. The molecular weight excluding hydrogens is 360 g/mol. The van der Waals surface area contributed by atoms with Gasteiger partial charge in [-0.05, 0) is 48.5 Å². The quantitative estimate of drug-likeness (QED) is 0.172. The summed E-state index contributed by atoms with van der Waals surface area (Å²) in [5.41, 5.74) is 22.5. The zero-order valence-electron chi connectivity index (χ0n) is 14.6. The number of aromatic hydroxyl groups is 2. The van der Waals surface area contributed by atoms with Crippen molar-refractivity contribution in [3.05, 3.63) is 70.8 Å². The number of benzene rings is 3. The molecule has 0 aromatic heterocycles. The minimum absolute atomic E-state index is 0.174. The van der Waals surface area contributed by atoms with E-state index in [0.29, 0.717) is 11.4 Å². The number of nitrogen functional groups attached to an aromatic ring is 4. The highest BCUT2D eigenvalue weighted by Gasteiger charge is 2.29. The van der Waals surface area contributed by atoms with Crippen LogP contribution in [-0.2, 0) is 0 Å². The molecule has 0 aliphatic carbocycles. The van der Waals surface area contributed by atoms with Crippen LogP contribution >= 0.6 is 0 Å². The van der Waals surface area contributed by atoms with Gasteiger partial charge in [-0.2, -0.15) is 0 Å². The molecule has 0 unspecified atom stereocenters. The standard InChI is InChI=1S/C20H18N4O4/c21-11-5-1-9(2-6-11)17(25)13-15(23)20(28)14(16(24)19(13)27)18(26)10-3-7-12(22)8-4-10/h1-8,27-28H,21-24H2. The monoisotopic (exact) mass is 378 g/mol. The lowest BCUT2D eigenvalue weighted by molar-refractivity contribution is 0.102. The fraction of sp³-hybridized carbons (Fsp3) is 0. The Morgan fingerprint density at radius 2 is 0.857 bits per heavy atom. The van der Waals surface area contributed by atoms with E-state index >= 15 is 0 Å². The highest BCUT2D eigenvalue weighted by molar-refractivity contribution is 6.21. The molecule has 28 heavy (non-hydrogen) atoms. The molecule has 0 bridgehead atoms. The Morgan fingerprint density at radius 3 is 1.14 bits per heavy atom. The van der Waals surface area contributed by atoms with Gasteiger partial charge in [-0.3, -0.25) is 9.59 Å². The summed E-state index contributed by atoms with van der Waals surface area (Å²) < 4.78 is 0. The first-order valence-corrected chi connectivity index (χ1v) is 8.15. The van der Waals surface area contributed by atoms with Gasteiger partial charge in [-0.15, -0.1) is 0 Å². The van der Waals surface area contributed by atoms with Crippen molar-refractivity contribution in [2.45, 2.75) is 0 Å². The van der Waals surface area contributed by atoms with Gasteiger partial charge in [0.15, 0.2) is 23.1 Å². The summed E-state index contributed by atoms with van der Waals surface area (Å²) in [6, 6.07) is 11.8. The second-order valence-corrected chi connectivity index (χ2v) is 6.18. The zero-order chi connectivity index (χ0) is 20.6. The molecular formula is C20H18N4O4. The van der Waals surface area contributed by atoms with Crippen molar-refractivity contribution in [2.75, 3.05) is 22.9 Å². The number of carbonyl (C=O) groups is 2. The maximum absolute atomic E-state index is 12.7. The molecule has 3 aromatic carbocycles. The number of phenolic OH excluding ortho intramolecular Hbond substituents is 2. The molecule has 0 heterocycles. The van der Waals surface area contributed by atoms with Gasteiger partial charge in [0, 0.05) is 22.5 Å². The number of hydrogen-bond donors (Lipinski definition) is 6. The number of rotatable bonds is 4. The van der Waals surface area contributed by atoms with E-state index in [1.165, 1.54) is 48.5 Å². The van der Waals surface area contributed by atoms with Crippen LogP contribution in [0.4, 0.5) is 22.7 Å². The van der Waals surface area contributed by atoms with Crippen molar-refractivity contribution in [2.24, 2.45) is 0 Å². The molecule has 0 atom stereocenters. The van der Waals surface area contributed by atoms with Gasteiger partial charge in [-0.25, -0.2) is 0 Å². The maximum Gasteiger partial charge on any atom is 0.199 e. The fourth-order valence-corrected chi connectivity index (χ4v) is 2.78. The third kappa shape index (κ3) is 3.03. The first-order valence-electron chi connectivity index (χ1n) is 8.15. The third-order valence-electron chi connectivity index (χ3n) is 4.32. The van der Waals surface area contributed by atoms with Gasteiger partial charge in [-0.1, -0.05) is 0 Å². The van der Waals surface area contributed by atoms with Gasteiger partial charge >= 0.3 is 0 Å². The minimum Gasteiger partial charge on any atom is -0.505 e. The maximum atomic E-state index is 12.7. The highest BCUT2D eigenvalue weighted by atomic mass is 16.3. The molecule has 0 aliphatic heterocycles. The molecule has 0 radical (unpaired) electrons. The van der Waals surface area contributed by atoms with E-state index in [2.05, 4.69) is 0 Å². The van der Waals surface area contributed by atoms with E-state index in [0.717, 1.165) is 0 Å². The van der Waals surface area contributed by atoms with Crippen molar-refractivity contribution in [3.8, 4) is 11.5 Å². The van der Waals surface area contributed by atoms with Crippen LogP contribution in [0.15, 0.2) is 48.5 Å². The summed E-state index contributed by atoms with van der Waals surface area (Å²) in [7, 11) is 0. The van der Waals surface area contributed by atoms with Crippen LogP contribution in [0.2, 0.25) is 0 Å². The average Bonchev–Trinajstić information content (AvgIpc) is 2.67. The van der Waals surface area contributed by atoms with Crippen LogP contribution in [0.25, 0.3) is 0 Å². The second-order valence-electron chi connectivity index (χ2n) is 6.18. The van der Waals surface area contributed by atoms with Gasteiger partial charge in [0.2, 0.25) is 0 Å². The number of anilines is 4. The lowest BCUT2D eigenvalue weighted by Crippen LogP contribution is -2.13. The molecule has 142 valence electrons. The molecule has 8 heteroatoms. The smallest absolute Gasteiger partial charge is 0.199 e. The van der Waals surface area contributed by atoms with E-state index in [1.807, 2.05) is 0 Å². The predicted octanol–water partition coefficient (Wildman–Crippen LogP) is 1.89. The van der Waals surface area contributed by atoms with Gasteiger partial charge in [0.05, 0.1) is 22.5 Å². The van der Waals surface area contributed by atoms with Crippen molar-refractivity contribution < 1.29 is 19.8 Å². The molecule has 0 aliphatic rings. The van der Waals surface area contributed by atoms with Gasteiger partial charge < -0.3 is 33.1 Å². The number of phenols is 2. The summed E-state index contributed by atoms with van der Waals surface area (Å²) in [5, 5.41) is 21.0. The van der Waals surface area contributed by atoms with Crippen molar-refractivity contribution in [1.29, 1.82) is 0 Å². The largest absolute Gasteiger partial charge is 0.505 e. The van der Waals surface area contributed by atoms with Crippen LogP contribution in [-0.4, -0.2) is 21.8 Å². The Hall–Kier alpha value is -4.20. The van der Waals surface area contributed by atoms with Crippen molar-refractivity contribution in [1.82, 2.24) is 0 Å². The molecule has 0 fully saturated rings. The molecule has 0 spiro atoms. The zero-order valence-corrected chi connectivity index (χ0v) is 14.6. The number of hydrogen-bond acceptors (Lipinski definition) is 8. The van der Waals surface area contributed by atoms with Crippen molar-refractivity contribution in [3.63, 3.8) is 0 Å². The van der Waals surface area contributed by atoms with E-state index in [1.54, 1.807) is 0 Å². The van der Waals surface area contributed by atoms with Crippen LogP contribution in [0.5, 0.6) is 11.5 Å². The Bertz CT molecular complexity index is 973. The molecule has 3 aromatic rings. The lowest BCUT2D eigenvalue weighted by Gasteiger charge is -2.16. The van der Waals surface area contributed by atoms with Crippen LogP contribution < -0.4 is 22.9 Å². The lowest BCUT2D eigenvalue weighted by atomic mass is 9.93. The summed E-state index contributed by atoms with van der Waals surface area (Å²) in [5.74, 6) is -2.72. The van der Waals surface area contributed by atoms with Crippen molar-refractivity contribution >= 4 is 34.3 Å². The molecule has 0 saturated carbocycles. The van der Waals surface area contributed by atoms with Crippen LogP contribution in [0, 0.1) is 0 Å². The fourth-order valence-electron chi connectivity index (χ4n) is 2.78. The van der Waals surface area contributed by atoms with E-state index in [9.17, 15) is 19.8 Å². The van der Waals surface area contributed by atoms with Crippen LogP contribution in [0.1, 0.15) is 31.8 Å². The molecule has 0 saturated heterocycles. The molecule has 0 amide bonds. The molecule has 8 nitrogen and oxygen atoms in total. The first-order chi connectivity index (χ1) is 13.2.